The Morgan fingerprint density at radius 1 is 0.931 bits per heavy atom. The van der Waals surface area contributed by atoms with Crippen LogP contribution in [-0.2, 0) is 27.3 Å². The number of Topliss-reactive ketones (excluding diaryl/α,β-unsaturated/α-hetero) is 1. The largest absolute Gasteiger partial charge is 0.427 e. The molecule has 0 fully saturated rings. The molecule has 3 aromatic heterocycles. The first kappa shape index (κ1) is 41.2. The number of pyridine rings is 1. The van der Waals surface area contributed by atoms with Gasteiger partial charge in [-0.05, 0) is 86.1 Å². The van der Waals surface area contributed by atoms with Gasteiger partial charge in [-0.1, -0.05) is 32.0 Å². The molecule has 5 N–H and O–H groups in total. The number of urea groups is 1. The maximum absolute atomic E-state index is 13.1. The molecule has 0 saturated heterocycles. The fourth-order valence-electron chi connectivity index (χ4n) is 6.57. The number of aromatic nitrogens is 3. The van der Waals surface area contributed by atoms with Gasteiger partial charge in [-0.15, -0.1) is 11.3 Å². The van der Waals surface area contributed by atoms with Crippen LogP contribution in [0, 0.1) is 13.8 Å². The number of nitrogens with zero attached hydrogens (tertiary/aromatic N) is 3. The molecule has 4 heterocycles. The Hall–Kier alpha value is -6.45. The minimum absolute atomic E-state index is 0.0171. The molecule has 0 aliphatic carbocycles. The molecule has 2 aromatic carbocycles. The number of H-pyrrole nitrogens is 1. The minimum Gasteiger partial charge on any atom is -0.427 e. The Labute approximate surface area is 340 Å². The van der Waals surface area contributed by atoms with Gasteiger partial charge in [-0.2, -0.15) is 0 Å². The second kappa shape index (κ2) is 19.1. The van der Waals surface area contributed by atoms with E-state index in [1.807, 2.05) is 31.4 Å². The van der Waals surface area contributed by atoms with Crippen molar-refractivity contribution in [1.82, 2.24) is 30.5 Å². The number of carbonyl (C=O) groups is 5. The van der Waals surface area contributed by atoms with Crippen molar-refractivity contribution in [2.75, 3.05) is 36.8 Å². The highest BCUT2D eigenvalue weighted by Crippen LogP contribution is 2.35. The molecule has 0 atom stereocenters. The van der Waals surface area contributed by atoms with Crippen molar-refractivity contribution in [3.8, 4) is 17.0 Å². The van der Waals surface area contributed by atoms with Gasteiger partial charge in [-0.3, -0.25) is 29.5 Å². The van der Waals surface area contributed by atoms with E-state index >= 15 is 0 Å². The topological polar surface area (TPSA) is 188 Å². The van der Waals surface area contributed by atoms with Crippen molar-refractivity contribution < 1.29 is 28.7 Å². The normalized spacial score (nSPS) is 12.6. The fourth-order valence-corrected chi connectivity index (χ4v) is 7.29. The van der Waals surface area contributed by atoms with Crippen molar-refractivity contribution in [1.29, 1.82) is 0 Å². The highest BCUT2D eigenvalue weighted by Gasteiger charge is 2.26. The molecule has 15 heteroatoms. The Balaban J connectivity index is 0.967. The van der Waals surface area contributed by atoms with E-state index in [0.717, 1.165) is 42.0 Å². The smallest absolute Gasteiger partial charge is 0.321 e. The molecule has 0 radical (unpaired) electrons. The van der Waals surface area contributed by atoms with Crippen LogP contribution in [0.15, 0.2) is 72.4 Å². The second-order valence-corrected chi connectivity index (χ2v) is 14.6. The SMILES string of the molecule is CCN(CC)CCNC(=O)c1c(C)[nH]c(/C=C2\C(=O)Nc3ccc(CC(=O)CCC(=O)Oc4ccc(CNC(=O)Nc5nc(-c6ccncc6)cs5)cc4)cc32)c1C. The predicted octanol–water partition coefficient (Wildman–Crippen LogP) is 6.53. The van der Waals surface area contributed by atoms with Crippen LogP contribution in [0.4, 0.5) is 15.6 Å². The zero-order valence-corrected chi connectivity index (χ0v) is 33.7. The number of nitrogens with one attached hydrogen (secondary N) is 5. The molecule has 0 bridgehead atoms. The maximum Gasteiger partial charge on any atom is 0.321 e. The summed E-state index contributed by atoms with van der Waals surface area (Å²) in [6.45, 7) is 11.2. The number of esters is 1. The fraction of sp³-hybridized carbons (Fsp3) is 0.279. The van der Waals surface area contributed by atoms with Crippen LogP contribution < -0.4 is 26.0 Å². The van der Waals surface area contributed by atoms with Crippen molar-refractivity contribution in [2.45, 2.75) is 53.5 Å². The average Bonchev–Trinajstić information content (AvgIpc) is 3.89. The molecule has 1 aliphatic rings. The van der Waals surface area contributed by atoms with Gasteiger partial charge in [0.05, 0.1) is 23.3 Å². The number of amides is 4. The standard InChI is InChI=1S/C43H46N8O6S/c1-5-51(6-2)20-19-45-41(55)39-26(3)36(47-27(39)4)23-34-33-22-29(9-13-35(33)48-40(34)54)21-31(52)10-14-38(53)57-32-11-7-28(8-12-32)24-46-42(56)50-43-49-37(25-58-43)30-15-17-44-18-16-30/h7-9,11-13,15-18,22-23,25,47H,5-6,10,14,19-21,24H2,1-4H3,(H,45,55)(H,48,54)(H2,46,49,50,56)/b34-23-. The summed E-state index contributed by atoms with van der Waals surface area (Å²) in [6, 6.07) is 15.4. The van der Waals surface area contributed by atoms with Gasteiger partial charge < -0.3 is 30.6 Å². The number of aromatic amines is 1. The summed E-state index contributed by atoms with van der Waals surface area (Å²) in [6.07, 6.45) is 5.05. The Morgan fingerprint density at radius 3 is 2.41 bits per heavy atom. The number of thiazole rings is 1. The van der Waals surface area contributed by atoms with E-state index in [-0.39, 0.29) is 43.4 Å². The first-order chi connectivity index (χ1) is 28.0. The van der Waals surface area contributed by atoms with E-state index < -0.39 is 12.0 Å². The van der Waals surface area contributed by atoms with Crippen molar-refractivity contribution in [2.24, 2.45) is 0 Å². The Kier molecular flexibility index (Phi) is 13.6. The number of rotatable bonds is 17. The second-order valence-electron chi connectivity index (χ2n) is 13.8. The van der Waals surface area contributed by atoms with Crippen LogP contribution >= 0.6 is 11.3 Å². The third-order valence-corrected chi connectivity index (χ3v) is 10.5. The Morgan fingerprint density at radius 2 is 1.67 bits per heavy atom. The monoisotopic (exact) mass is 802 g/mol. The predicted molar refractivity (Wildman–Crippen MR) is 225 cm³/mol. The molecule has 14 nitrogen and oxygen atoms in total. The van der Waals surface area contributed by atoms with Gasteiger partial charge in [0.2, 0.25) is 0 Å². The summed E-state index contributed by atoms with van der Waals surface area (Å²) in [5.74, 6) is -0.828. The van der Waals surface area contributed by atoms with Gasteiger partial charge in [0, 0.05) is 78.5 Å². The number of ether oxygens (including phenoxy) is 1. The first-order valence-electron chi connectivity index (χ1n) is 19.1. The summed E-state index contributed by atoms with van der Waals surface area (Å²) in [5.41, 5.74) is 7.49. The first-order valence-corrected chi connectivity index (χ1v) is 20.0. The number of aryl methyl sites for hydroxylation is 1. The maximum atomic E-state index is 13.1. The van der Waals surface area contributed by atoms with E-state index in [0.29, 0.717) is 56.8 Å². The number of benzene rings is 2. The molecule has 0 spiro atoms. The number of likely N-dealkylation sites (N-methyl/N-ethyl adjacent to an activating group) is 1. The highest BCUT2D eigenvalue weighted by molar-refractivity contribution is 7.14. The van der Waals surface area contributed by atoms with E-state index in [2.05, 4.69) is 55.0 Å². The molecule has 300 valence electrons. The molecule has 0 unspecified atom stereocenters. The number of hydrogen-bond donors (Lipinski definition) is 5. The van der Waals surface area contributed by atoms with Gasteiger partial charge in [-0.25, -0.2) is 9.78 Å². The van der Waals surface area contributed by atoms with E-state index in [1.165, 1.54) is 11.3 Å². The van der Waals surface area contributed by atoms with Gasteiger partial charge >= 0.3 is 12.0 Å². The van der Waals surface area contributed by atoms with Crippen LogP contribution in [0.3, 0.4) is 0 Å². The number of anilines is 2. The van der Waals surface area contributed by atoms with Crippen LogP contribution in [0.5, 0.6) is 5.75 Å². The lowest BCUT2D eigenvalue weighted by atomic mass is 9.98. The molecule has 0 saturated carbocycles. The third kappa shape index (κ3) is 10.5. The molecular formula is C43H46N8O6S. The number of fused-ring (bicyclic) bond motifs is 1. The lowest BCUT2D eigenvalue weighted by molar-refractivity contribution is -0.136. The van der Waals surface area contributed by atoms with Gasteiger partial charge in [0.15, 0.2) is 5.13 Å². The number of ketones is 1. The molecule has 58 heavy (non-hydrogen) atoms. The van der Waals surface area contributed by atoms with Crippen molar-refractivity contribution in [3.63, 3.8) is 0 Å². The van der Waals surface area contributed by atoms with Crippen LogP contribution in [0.1, 0.15) is 70.7 Å². The zero-order valence-electron chi connectivity index (χ0n) is 32.9. The van der Waals surface area contributed by atoms with Gasteiger partial charge in [0.25, 0.3) is 11.8 Å². The van der Waals surface area contributed by atoms with E-state index in [1.54, 1.807) is 60.9 Å². The minimum atomic E-state index is -0.546. The summed E-state index contributed by atoms with van der Waals surface area (Å²) in [7, 11) is 0. The lowest BCUT2D eigenvalue weighted by Crippen LogP contribution is -2.35. The summed E-state index contributed by atoms with van der Waals surface area (Å²) < 4.78 is 5.44. The van der Waals surface area contributed by atoms with Crippen LogP contribution in [-0.4, -0.2) is 75.6 Å². The summed E-state index contributed by atoms with van der Waals surface area (Å²) in [5, 5.41) is 13.7. The summed E-state index contributed by atoms with van der Waals surface area (Å²) >= 11 is 1.32. The Bertz CT molecular complexity index is 2330. The average molecular weight is 803 g/mol. The van der Waals surface area contributed by atoms with Crippen LogP contribution in [0.2, 0.25) is 0 Å². The van der Waals surface area contributed by atoms with E-state index in [9.17, 15) is 24.0 Å². The van der Waals surface area contributed by atoms with Crippen LogP contribution in [0.25, 0.3) is 22.9 Å². The molecule has 6 rings (SSSR count). The molecule has 1 aliphatic heterocycles. The van der Waals surface area contributed by atoms with Crippen molar-refractivity contribution >= 4 is 63.4 Å². The lowest BCUT2D eigenvalue weighted by Gasteiger charge is -2.18. The summed E-state index contributed by atoms with van der Waals surface area (Å²) in [4.78, 5) is 78.1. The quantitative estimate of drug-likeness (QED) is 0.0396. The van der Waals surface area contributed by atoms with E-state index in [4.69, 9.17) is 4.74 Å². The highest BCUT2D eigenvalue weighted by atomic mass is 32.1. The third-order valence-electron chi connectivity index (χ3n) is 9.79. The number of hydrogen-bond acceptors (Lipinski definition) is 10. The molecule has 4 amide bonds. The number of carbonyl (C=O) groups excluding carboxylic acids is 5. The molecular weight excluding hydrogens is 757 g/mol. The molecule has 5 aromatic rings. The van der Waals surface area contributed by atoms with Gasteiger partial charge in [0.1, 0.15) is 11.5 Å². The van der Waals surface area contributed by atoms with Crippen molar-refractivity contribution in [3.05, 3.63) is 112 Å². The zero-order chi connectivity index (χ0) is 41.2.